The molecule has 21 heavy (non-hydrogen) atoms. The molecule has 1 heterocycles. The standard InChI is InChI=1S/C16H15F2NO2/c1-19-14(8-11-12(17)3-2-4-13(11)18)10-5-6-15-16(7-10)21-9-20-15/h2-7,14,19H,8-9H2,1H3. The van der Waals surface area contributed by atoms with E-state index in [-0.39, 0.29) is 24.8 Å². The van der Waals surface area contributed by atoms with Gasteiger partial charge >= 0.3 is 0 Å². The van der Waals surface area contributed by atoms with Crippen molar-refractivity contribution in [2.75, 3.05) is 13.8 Å². The molecule has 0 aromatic heterocycles. The average Bonchev–Trinajstić information content (AvgIpc) is 2.94. The van der Waals surface area contributed by atoms with E-state index in [1.807, 2.05) is 12.1 Å². The second-order valence-corrected chi connectivity index (χ2v) is 4.86. The lowest BCUT2D eigenvalue weighted by atomic mass is 9.98. The van der Waals surface area contributed by atoms with Gasteiger partial charge in [0.1, 0.15) is 11.6 Å². The fraction of sp³-hybridized carbons (Fsp3) is 0.250. The number of benzene rings is 2. The lowest BCUT2D eigenvalue weighted by Crippen LogP contribution is -2.20. The smallest absolute Gasteiger partial charge is 0.231 e. The molecule has 0 radical (unpaired) electrons. The minimum absolute atomic E-state index is 0.0783. The topological polar surface area (TPSA) is 30.5 Å². The Morgan fingerprint density at radius 1 is 1.10 bits per heavy atom. The predicted molar refractivity (Wildman–Crippen MR) is 74.4 cm³/mol. The Balaban J connectivity index is 1.89. The van der Waals surface area contributed by atoms with Crippen molar-refractivity contribution in [3.05, 3.63) is 59.2 Å². The number of hydrogen-bond donors (Lipinski definition) is 1. The molecule has 1 atom stereocenters. The molecular weight excluding hydrogens is 276 g/mol. The van der Waals surface area contributed by atoms with Crippen molar-refractivity contribution in [3.8, 4) is 11.5 Å². The van der Waals surface area contributed by atoms with Gasteiger partial charge in [-0.1, -0.05) is 12.1 Å². The quantitative estimate of drug-likeness (QED) is 0.938. The molecule has 0 bridgehead atoms. The Morgan fingerprint density at radius 3 is 2.52 bits per heavy atom. The Hall–Kier alpha value is -2.14. The molecule has 3 rings (SSSR count). The van der Waals surface area contributed by atoms with Gasteiger partial charge in [0.15, 0.2) is 11.5 Å². The van der Waals surface area contributed by atoms with Crippen LogP contribution in [0.3, 0.4) is 0 Å². The zero-order valence-corrected chi connectivity index (χ0v) is 11.5. The molecule has 3 nitrogen and oxygen atoms in total. The van der Waals surface area contributed by atoms with Crippen LogP contribution >= 0.6 is 0 Å². The Kier molecular flexibility index (Phi) is 3.75. The fourth-order valence-corrected chi connectivity index (χ4v) is 2.45. The summed E-state index contributed by atoms with van der Waals surface area (Å²) in [5.74, 6) is 0.277. The molecule has 0 amide bonds. The SMILES string of the molecule is CNC(Cc1c(F)cccc1F)c1ccc2c(c1)OCO2. The summed E-state index contributed by atoms with van der Waals surface area (Å²) in [7, 11) is 1.76. The van der Waals surface area contributed by atoms with Crippen molar-refractivity contribution >= 4 is 0 Å². The maximum absolute atomic E-state index is 13.8. The molecule has 1 unspecified atom stereocenters. The lowest BCUT2D eigenvalue weighted by Gasteiger charge is -2.18. The maximum atomic E-state index is 13.8. The van der Waals surface area contributed by atoms with Crippen molar-refractivity contribution in [1.82, 2.24) is 5.32 Å². The lowest BCUT2D eigenvalue weighted by molar-refractivity contribution is 0.174. The summed E-state index contributed by atoms with van der Waals surface area (Å²) >= 11 is 0. The van der Waals surface area contributed by atoms with Crippen LogP contribution in [0.2, 0.25) is 0 Å². The number of rotatable bonds is 4. The fourth-order valence-electron chi connectivity index (χ4n) is 2.45. The molecule has 1 aliphatic heterocycles. The van der Waals surface area contributed by atoms with Crippen LogP contribution in [0.15, 0.2) is 36.4 Å². The molecule has 0 saturated heterocycles. The zero-order valence-electron chi connectivity index (χ0n) is 11.5. The van der Waals surface area contributed by atoms with Crippen molar-refractivity contribution in [2.45, 2.75) is 12.5 Å². The van der Waals surface area contributed by atoms with E-state index < -0.39 is 11.6 Å². The largest absolute Gasteiger partial charge is 0.454 e. The van der Waals surface area contributed by atoms with Crippen LogP contribution in [0.25, 0.3) is 0 Å². The van der Waals surface area contributed by atoms with Gasteiger partial charge in [-0.15, -0.1) is 0 Å². The van der Waals surface area contributed by atoms with Crippen LogP contribution in [0, 0.1) is 11.6 Å². The summed E-state index contributed by atoms with van der Waals surface area (Å²) in [5.41, 5.74) is 0.971. The highest BCUT2D eigenvalue weighted by molar-refractivity contribution is 5.45. The number of ether oxygens (including phenoxy) is 2. The molecule has 1 N–H and O–H groups in total. The van der Waals surface area contributed by atoms with Gasteiger partial charge < -0.3 is 14.8 Å². The average molecular weight is 291 g/mol. The Morgan fingerprint density at radius 2 is 1.81 bits per heavy atom. The summed E-state index contributed by atoms with van der Waals surface area (Å²) in [6.07, 6.45) is 0.217. The monoisotopic (exact) mass is 291 g/mol. The zero-order chi connectivity index (χ0) is 14.8. The molecule has 1 aliphatic rings. The van der Waals surface area contributed by atoms with E-state index in [0.29, 0.717) is 11.5 Å². The number of fused-ring (bicyclic) bond motifs is 1. The van der Waals surface area contributed by atoms with E-state index in [1.54, 1.807) is 13.1 Å². The molecule has 0 saturated carbocycles. The van der Waals surface area contributed by atoms with Gasteiger partial charge in [-0.05, 0) is 43.3 Å². The van der Waals surface area contributed by atoms with E-state index in [2.05, 4.69) is 5.32 Å². The highest BCUT2D eigenvalue weighted by atomic mass is 19.1. The normalized spacial score (nSPS) is 14.2. The van der Waals surface area contributed by atoms with E-state index >= 15 is 0 Å². The minimum Gasteiger partial charge on any atom is -0.454 e. The van der Waals surface area contributed by atoms with E-state index in [1.165, 1.54) is 18.2 Å². The second-order valence-electron chi connectivity index (χ2n) is 4.86. The molecule has 2 aromatic rings. The minimum atomic E-state index is -0.531. The van der Waals surface area contributed by atoms with E-state index in [9.17, 15) is 8.78 Å². The first-order valence-corrected chi connectivity index (χ1v) is 6.68. The van der Waals surface area contributed by atoms with Crippen molar-refractivity contribution < 1.29 is 18.3 Å². The molecule has 0 aliphatic carbocycles. The van der Waals surface area contributed by atoms with Crippen molar-refractivity contribution in [3.63, 3.8) is 0 Å². The molecule has 5 heteroatoms. The third kappa shape index (κ3) is 2.69. The molecule has 0 fully saturated rings. The molecule has 0 spiro atoms. The predicted octanol–water partition coefficient (Wildman–Crippen LogP) is 3.20. The first kappa shape index (κ1) is 13.8. The highest BCUT2D eigenvalue weighted by Gasteiger charge is 2.19. The van der Waals surface area contributed by atoms with E-state index in [0.717, 1.165) is 5.56 Å². The van der Waals surface area contributed by atoms with Crippen molar-refractivity contribution in [1.29, 1.82) is 0 Å². The second kappa shape index (κ2) is 5.69. The van der Waals surface area contributed by atoms with Crippen LogP contribution in [0.4, 0.5) is 8.78 Å². The summed E-state index contributed by atoms with van der Waals surface area (Å²) in [6.45, 7) is 0.199. The highest BCUT2D eigenvalue weighted by Crippen LogP contribution is 2.35. The summed E-state index contributed by atoms with van der Waals surface area (Å²) in [5, 5.41) is 3.08. The molecule has 110 valence electrons. The Labute approximate surface area is 121 Å². The summed E-state index contributed by atoms with van der Waals surface area (Å²) in [6, 6.07) is 9.19. The van der Waals surface area contributed by atoms with Gasteiger partial charge in [0.2, 0.25) is 6.79 Å². The maximum Gasteiger partial charge on any atom is 0.231 e. The van der Waals surface area contributed by atoms with Gasteiger partial charge in [0.25, 0.3) is 0 Å². The first-order valence-electron chi connectivity index (χ1n) is 6.68. The number of likely N-dealkylation sites (N-methyl/N-ethyl adjacent to an activating group) is 1. The van der Waals surface area contributed by atoms with Crippen molar-refractivity contribution in [2.24, 2.45) is 0 Å². The number of halogens is 2. The van der Waals surface area contributed by atoms with Crippen LogP contribution in [-0.2, 0) is 6.42 Å². The van der Waals surface area contributed by atoms with Crippen LogP contribution in [-0.4, -0.2) is 13.8 Å². The third-order valence-electron chi connectivity index (χ3n) is 3.62. The summed E-state index contributed by atoms with van der Waals surface area (Å²) < 4.78 is 38.1. The Bertz CT molecular complexity index is 640. The van der Waals surface area contributed by atoms with Gasteiger partial charge in [0, 0.05) is 11.6 Å². The number of hydrogen-bond acceptors (Lipinski definition) is 3. The number of nitrogens with one attached hydrogen (secondary N) is 1. The van der Waals surface area contributed by atoms with Gasteiger partial charge in [0.05, 0.1) is 0 Å². The van der Waals surface area contributed by atoms with Gasteiger partial charge in [-0.2, -0.15) is 0 Å². The summed E-state index contributed by atoms with van der Waals surface area (Å²) in [4.78, 5) is 0. The first-order chi connectivity index (χ1) is 10.2. The van der Waals surface area contributed by atoms with E-state index in [4.69, 9.17) is 9.47 Å². The van der Waals surface area contributed by atoms with Gasteiger partial charge in [-0.3, -0.25) is 0 Å². The molecule has 2 aromatic carbocycles. The van der Waals surface area contributed by atoms with Crippen LogP contribution < -0.4 is 14.8 Å². The van der Waals surface area contributed by atoms with Crippen LogP contribution in [0.5, 0.6) is 11.5 Å². The third-order valence-corrected chi connectivity index (χ3v) is 3.62. The molecular formula is C16H15F2NO2. The van der Waals surface area contributed by atoms with Crippen LogP contribution in [0.1, 0.15) is 17.2 Å². The van der Waals surface area contributed by atoms with Gasteiger partial charge in [-0.25, -0.2) is 8.78 Å².